The van der Waals surface area contributed by atoms with Crippen LogP contribution in [0.1, 0.15) is 63.4 Å². The molecule has 6 nitrogen and oxygen atoms in total. The highest BCUT2D eigenvalue weighted by molar-refractivity contribution is 5.67. The van der Waals surface area contributed by atoms with Crippen LogP contribution in [0.3, 0.4) is 0 Å². The number of hydrogen-bond donors (Lipinski definition) is 3. The summed E-state index contributed by atoms with van der Waals surface area (Å²) < 4.78 is 5.07. The van der Waals surface area contributed by atoms with Crippen LogP contribution in [0.4, 0.5) is 0 Å². The van der Waals surface area contributed by atoms with Gasteiger partial charge in [-0.25, -0.2) is 4.79 Å². The molecule has 4 aliphatic carbocycles. The molecule has 3 saturated carbocycles. The van der Waals surface area contributed by atoms with Gasteiger partial charge in [-0.15, -0.1) is 0 Å². The summed E-state index contributed by atoms with van der Waals surface area (Å²) in [6.45, 7) is 2.04. The topological polar surface area (TPSA) is 108 Å². The van der Waals surface area contributed by atoms with Crippen LogP contribution in [0.5, 0.6) is 0 Å². The standard InChI is InChI=1S/C24H30O6/c1-22-8-7-17-18(4-3-15-10-16(26)6-9-23(15,17)13-25)24(22,29)11-19(27)21(22)14-2-5-20(28)30-12-14/h2,5,10,12-13,16-19,21,26-27,29H,3-4,6-9,11H2,1H3/t16-,17-,18+,19-,21-,22+,23+,24-/m0/s1. The van der Waals surface area contributed by atoms with E-state index >= 15 is 0 Å². The minimum absolute atomic E-state index is 0.0141. The first-order valence-corrected chi connectivity index (χ1v) is 11.1. The number of carbonyl (C=O) groups is 1. The quantitative estimate of drug-likeness (QED) is 0.506. The maximum absolute atomic E-state index is 12.4. The van der Waals surface area contributed by atoms with Crippen LogP contribution in [-0.4, -0.2) is 39.4 Å². The van der Waals surface area contributed by atoms with Crippen molar-refractivity contribution in [1.29, 1.82) is 0 Å². The molecule has 0 aliphatic heterocycles. The van der Waals surface area contributed by atoms with E-state index in [-0.39, 0.29) is 24.2 Å². The van der Waals surface area contributed by atoms with Crippen LogP contribution >= 0.6 is 0 Å². The summed E-state index contributed by atoms with van der Waals surface area (Å²) in [6.07, 6.45) is 7.45. The minimum Gasteiger partial charge on any atom is -0.431 e. The van der Waals surface area contributed by atoms with Gasteiger partial charge in [-0.05, 0) is 62.0 Å². The molecule has 1 heterocycles. The zero-order valence-corrected chi connectivity index (χ0v) is 17.3. The summed E-state index contributed by atoms with van der Waals surface area (Å²) in [7, 11) is 0. The number of aliphatic hydroxyl groups is 3. The lowest BCUT2D eigenvalue weighted by Crippen LogP contribution is -2.61. The van der Waals surface area contributed by atoms with Gasteiger partial charge in [0.2, 0.25) is 0 Å². The van der Waals surface area contributed by atoms with E-state index in [0.717, 1.165) is 30.3 Å². The molecule has 0 saturated heterocycles. The van der Waals surface area contributed by atoms with E-state index in [1.165, 1.54) is 12.3 Å². The molecule has 3 fully saturated rings. The van der Waals surface area contributed by atoms with E-state index in [4.69, 9.17) is 4.42 Å². The maximum Gasteiger partial charge on any atom is 0.335 e. The molecule has 4 aliphatic rings. The molecule has 0 aromatic carbocycles. The van der Waals surface area contributed by atoms with E-state index in [9.17, 15) is 24.9 Å². The number of fused-ring (bicyclic) bond motifs is 5. The van der Waals surface area contributed by atoms with Gasteiger partial charge in [0.1, 0.15) is 6.29 Å². The van der Waals surface area contributed by atoms with Crippen molar-refractivity contribution in [2.45, 2.75) is 75.6 Å². The Morgan fingerprint density at radius 2 is 1.93 bits per heavy atom. The lowest BCUT2D eigenvalue weighted by molar-refractivity contribution is -0.180. The summed E-state index contributed by atoms with van der Waals surface area (Å²) in [5.74, 6) is -0.408. The average molecular weight is 414 g/mol. The molecule has 1 aromatic rings. The highest BCUT2D eigenvalue weighted by atomic mass is 16.4. The van der Waals surface area contributed by atoms with Gasteiger partial charge in [0.15, 0.2) is 0 Å². The van der Waals surface area contributed by atoms with Gasteiger partial charge in [-0.2, -0.15) is 0 Å². The molecule has 162 valence electrons. The van der Waals surface area contributed by atoms with E-state index in [2.05, 4.69) is 0 Å². The van der Waals surface area contributed by atoms with E-state index < -0.39 is 34.3 Å². The van der Waals surface area contributed by atoms with Crippen molar-refractivity contribution in [3.05, 3.63) is 46.0 Å². The Bertz CT molecular complexity index is 931. The molecule has 5 rings (SSSR count). The molecular formula is C24H30O6. The lowest BCUT2D eigenvalue weighted by atomic mass is 9.45. The fraction of sp³-hybridized carbons (Fsp3) is 0.667. The highest BCUT2D eigenvalue weighted by Crippen LogP contribution is 2.69. The van der Waals surface area contributed by atoms with Crippen LogP contribution in [0.15, 0.2) is 39.3 Å². The van der Waals surface area contributed by atoms with E-state index in [1.807, 2.05) is 13.0 Å². The Labute approximate surface area is 175 Å². The van der Waals surface area contributed by atoms with Gasteiger partial charge >= 0.3 is 5.63 Å². The molecule has 30 heavy (non-hydrogen) atoms. The van der Waals surface area contributed by atoms with Crippen LogP contribution in [0, 0.1) is 22.7 Å². The third-order valence-corrected chi connectivity index (χ3v) is 9.18. The number of aliphatic hydroxyl groups excluding tert-OH is 2. The zero-order chi connectivity index (χ0) is 21.3. The summed E-state index contributed by atoms with van der Waals surface area (Å²) >= 11 is 0. The molecule has 6 heteroatoms. The summed E-state index contributed by atoms with van der Waals surface area (Å²) in [6, 6.07) is 3.06. The second-order valence-electron chi connectivity index (χ2n) is 10.2. The number of allylic oxidation sites excluding steroid dienone is 1. The second kappa shape index (κ2) is 6.62. The van der Waals surface area contributed by atoms with Crippen LogP contribution in [0.25, 0.3) is 0 Å². The molecule has 3 N–H and O–H groups in total. The fourth-order valence-electron chi connectivity index (χ4n) is 7.78. The smallest absolute Gasteiger partial charge is 0.335 e. The second-order valence-corrected chi connectivity index (χ2v) is 10.2. The average Bonchev–Trinajstić information content (AvgIpc) is 2.93. The van der Waals surface area contributed by atoms with Crippen molar-refractivity contribution in [2.24, 2.45) is 22.7 Å². The number of hydrogen-bond acceptors (Lipinski definition) is 6. The first-order chi connectivity index (χ1) is 14.2. The van der Waals surface area contributed by atoms with Gasteiger partial charge in [0.25, 0.3) is 0 Å². The zero-order valence-electron chi connectivity index (χ0n) is 17.3. The molecular weight excluding hydrogens is 384 g/mol. The van der Waals surface area contributed by atoms with Gasteiger partial charge < -0.3 is 24.5 Å². The third kappa shape index (κ3) is 2.47. The molecule has 0 unspecified atom stereocenters. The number of rotatable bonds is 2. The summed E-state index contributed by atoms with van der Waals surface area (Å²) in [5, 5.41) is 33.3. The molecule has 1 aromatic heterocycles. The van der Waals surface area contributed by atoms with Gasteiger partial charge in [0.05, 0.1) is 29.5 Å². The third-order valence-electron chi connectivity index (χ3n) is 9.18. The maximum atomic E-state index is 12.4. The van der Waals surface area contributed by atoms with Gasteiger partial charge in [0, 0.05) is 23.8 Å². The Balaban J connectivity index is 1.56. The first-order valence-electron chi connectivity index (χ1n) is 11.1. The molecule has 8 atom stereocenters. The minimum atomic E-state index is -1.10. The normalized spacial score (nSPS) is 47.6. The summed E-state index contributed by atoms with van der Waals surface area (Å²) in [5.41, 5.74) is -0.956. The SMILES string of the molecule is C[C@]12CC[C@H]3[C@@H](CCC4=C[C@@H](O)CC[C@@]43C=O)[C@@]1(O)C[C@H](O)[C@@H]2c1ccc(=O)oc1. The van der Waals surface area contributed by atoms with E-state index in [1.54, 1.807) is 6.07 Å². The predicted octanol–water partition coefficient (Wildman–Crippen LogP) is 2.31. The highest BCUT2D eigenvalue weighted by Gasteiger charge is 2.69. The van der Waals surface area contributed by atoms with Crippen molar-refractivity contribution < 1.29 is 24.5 Å². The number of carbonyl (C=O) groups excluding carboxylic acids is 1. The first kappa shape index (κ1) is 20.2. The van der Waals surface area contributed by atoms with Crippen molar-refractivity contribution in [2.75, 3.05) is 0 Å². The van der Waals surface area contributed by atoms with Crippen LogP contribution < -0.4 is 5.63 Å². The number of aldehydes is 1. The van der Waals surface area contributed by atoms with Crippen molar-refractivity contribution in [3.63, 3.8) is 0 Å². The predicted molar refractivity (Wildman–Crippen MR) is 109 cm³/mol. The largest absolute Gasteiger partial charge is 0.431 e. The Kier molecular flexibility index (Phi) is 4.45. The molecule has 0 spiro atoms. The van der Waals surface area contributed by atoms with E-state index in [0.29, 0.717) is 25.7 Å². The van der Waals surface area contributed by atoms with Crippen molar-refractivity contribution >= 4 is 6.29 Å². The van der Waals surface area contributed by atoms with Crippen molar-refractivity contribution in [1.82, 2.24) is 0 Å². The fourth-order valence-corrected chi connectivity index (χ4v) is 7.78. The summed E-state index contributed by atoms with van der Waals surface area (Å²) in [4.78, 5) is 23.9. The van der Waals surface area contributed by atoms with Crippen molar-refractivity contribution in [3.8, 4) is 0 Å². The molecule has 0 radical (unpaired) electrons. The Morgan fingerprint density at radius 3 is 2.63 bits per heavy atom. The van der Waals surface area contributed by atoms with Gasteiger partial charge in [-0.3, -0.25) is 0 Å². The molecule has 0 bridgehead atoms. The Morgan fingerprint density at radius 1 is 1.13 bits per heavy atom. The van der Waals surface area contributed by atoms with Crippen LogP contribution in [0.2, 0.25) is 0 Å². The van der Waals surface area contributed by atoms with Crippen LogP contribution in [-0.2, 0) is 4.79 Å². The lowest BCUT2D eigenvalue weighted by Gasteiger charge is -2.61. The monoisotopic (exact) mass is 414 g/mol. The van der Waals surface area contributed by atoms with Gasteiger partial charge in [-0.1, -0.05) is 18.6 Å². The molecule has 0 amide bonds. The Hall–Kier alpha value is -1.76.